The summed E-state index contributed by atoms with van der Waals surface area (Å²) in [5, 5.41) is 0. The lowest BCUT2D eigenvalue weighted by atomic mass is 10.1. The van der Waals surface area contributed by atoms with Gasteiger partial charge in [0, 0.05) is 11.1 Å². The maximum Gasteiger partial charge on any atom is 0.138 e. The molecule has 2 aromatic carbocycles. The molecule has 2 aromatic rings. The van der Waals surface area contributed by atoms with Gasteiger partial charge in [0.1, 0.15) is 34.1 Å². The third-order valence-electron chi connectivity index (χ3n) is 4.39. The summed E-state index contributed by atoms with van der Waals surface area (Å²) in [6, 6.07) is 11.1. The van der Waals surface area contributed by atoms with E-state index in [2.05, 4.69) is 23.7 Å². The molecule has 29 heavy (non-hydrogen) atoms. The number of hydrogen-bond acceptors (Lipinski definition) is 5. The van der Waals surface area contributed by atoms with Crippen LogP contribution in [-0.4, -0.2) is 41.7 Å². The van der Waals surface area contributed by atoms with Gasteiger partial charge in [-0.3, -0.25) is 0 Å². The Labute approximate surface area is 171 Å². The van der Waals surface area contributed by atoms with Crippen LogP contribution < -0.4 is 18.9 Å². The lowest BCUT2D eigenvalue weighted by Crippen LogP contribution is -1.94. The van der Waals surface area contributed by atoms with E-state index in [1.54, 1.807) is 28.4 Å². The molecule has 1 aliphatic heterocycles. The molecule has 0 aromatic heterocycles. The average molecular weight is 390 g/mol. The summed E-state index contributed by atoms with van der Waals surface area (Å²) in [6.07, 6.45) is 0. The minimum absolute atomic E-state index is 0.414. The highest BCUT2D eigenvalue weighted by Crippen LogP contribution is 2.28. The smallest absolute Gasteiger partial charge is 0.138 e. The highest BCUT2D eigenvalue weighted by molar-refractivity contribution is 5.60. The fraction of sp³-hybridized carbons (Fsp3) is 0.250. The van der Waals surface area contributed by atoms with Crippen LogP contribution in [-0.2, 0) is 4.74 Å². The second kappa shape index (κ2) is 9.59. The second-order valence-corrected chi connectivity index (χ2v) is 6.02. The quantitative estimate of drug-likeness (QED) is 0.749. The molecule has 0 bridgehead atoms. The fourth-order valence-corrected chi connectivity index (χ4v) is 2.88. The summed E-state index contributed by atoms with van der Waals surface area (Å²) in [5.41, 5.74) is 3.05. The van der Waals surface area contributed by atoms with E-state index in [0.717, 1.165) is 11.1 Å². The molecule has 0 aliphatic carbocycles. The summed E-state index contributed by atoms with van der Waals surface area (Å²) in [5.74, 6) is 15.3. The van der Waals surface area contributed by atoms with Gasteiger partial charge in [-0.1, -0.05) is 35.8 Å². The van der Waals surface area contributed by atoms with E-state index in [1.807, 2.05) is 36.4 Å². The Morgan fingerprint density at radius 2 is 0.931 bits per heavy atom. The third-order valence-corrected chi connectivity index (χ3v) is 4.39. The van der Waals surface area contributed by atoms with E-state index in [-0.39, 0.29) is 0 Å². The predicted molar refractivity (Wildman–Crippen MR) is 111 cm³/mol. The molecule has 0 fully saturated rings. The molecular weight excluding hydrogens is 368 g/mol. The Balaban J connectivity index is 1.99. The lowest BCUT2D eigenvalue weighted by molar-refractivity contribution is 0.208. The van der Waals surface area contributed by atoms with E-state index < -0.39 is 0 Å². The van der Waals surface area contributed by atoms with Gasteiger partial charge >= 0.3 is 0 Å². The van der Waals surface area contributed by atoms with Crippen molar-refractivity contribution in [1.29, 1.82) is 0 Å². The zero-order chi connectivity index (χ0) is 20.6. The first kappa shape index (κ1) is 20.2. The van der Waals surface area contributed by atoms with Crippen molar-refractivity contribution < 1.29 is 23.7 Å². The summed E-state index contributed by atoms with van der Waals surface area (Å²) < 4.78 is 27.2. The van der Waals surface area contributed by atoms with Crippen LogP contribution >= 0.6 is 0 Å². The van der Waals surface area contributed by atoms with Gasteiger partial charge in [-0.05, 0) is 24.3 Å². The lowest BCUT2D eigenvalue weighted by Gasteiger charge is -2.07. The van der Waals surface area contributed by atoms with Crippen molar-refractivity contribution in [1.82, 2.24) is 0 Å². The minimum atomic E-state index is 0.414. The largest absolute Gasteiger partial charge is 0.495 e. The van der Waals surface area contributed by atoms with Crippen LogP contribution in [0, 0.1) is 23.7 Å². The highest BCUT2D eigenvalue weighted by Gasteiger charge is 2.13. The van der Waals surface area contributed by atoms with Gasteiger partial charge in [-0.15, -0.1) is 0 Å². The molecule has 0 saturated carbocycles. The fourth-order valence-electron chi connectivity index (χ4n) is 2.88. The van der Waals surface area contributed by atoms with E-state index >= 15 is 0 Å². The molecule has 1 heterocycles. The van der Waals surface area contributed by atoms with Gasteiger partial charge < -0.3 is 23.7 Å². The van der Waals surface area contributed by atoms with Crippen LogP contribution in [0.4, 0.5) is 0 Å². The molecule has 1 aliphatic rings. The number of benzene rings is 2. The van der Waals surface area contributed by atoms with E-state index in [1.165, 1.54) is 0 Å². The van der Waals surface area contributed by atoms with Crippen LogP contribution in [0.25, 0.3) is 0 Å². The summed E-state index contributed by atoms with van der Waals surface area (Å²) in [6.45, 7) is 0.828. The Morgan fingerprint density at radius 3 is 1.24 bits per heavy atom. The Bertz CT molecular complexity index is 916. The molecule has 148 valence electrons. The first-order valence-electron chi connectivity index (χ1n) is 8.97. The normalized spacial score (nSPS) is 12.4. The number of rotatable bonds is 4. The SMILES string of the molecule is COc1cccc(OC)c1C#CC1=C(C#Cc2c(OC)cccc2OC)COC1. The average Bonchev–Trinajstić information content (AvgIpc) is 3.22. The van der Waals surface area contributed by atoms with Crippen molar-refractivity contribution >= 4 is 0 Å². The Kier molecular flexibility index (Phi) is 6.68. The molecular formula is C24H22O5. The zero-order valence-corrected chi connectivity index (χ0v) is 16.9. The second-order valence-electron chi connectivity index (χ2n) is 6.02. The van der Waals surface area contributed by atoms with Gasteiger partial charge in [0.15, 0.2) is 0 Å². The third kappa shape index (κ3) is 4.48. The van der Waals surface area contributed by atoms with Crippen LogP contribution in [0.1, 0.15) is 11.1 Å². The first-order valence-corrected chi connectivity index (χ1v) is 8.97. The number of ether oxygens (including phenoxy) is 5. The van der Waals surface area contributed by atoms with Crippen molar-refractivity contribution in [3.63, 3.8) is 0 Å². The van der Waals surface area contributed by atoms with Crippen molar-refractivity contribution in [2.45, 2.75) is 0 Å². The monoisotopic (exact) mass is 390 g/mol. The molecule has 5 nitrogen and oxygen atoms in total. The predicted octanol–water partition coefficient (Wildman–Crippen LogP) is 3.45. The van der Waals surface area contributed by atoms with Crippen molar-refractivity contribution in [2.75, 3.05) is 41.7 Å². The topological polar surface area (TPSA) is 46.2 Å². The van der Waals surface area contributed by atoms with Crippen LogP contribution in [0.3, 0.4) is 0 Å². The van der Waals surface area contributed by atoms with Gasteiger partial charge in [-0.25, -0.2) is 0 Å². The van der Waals surface area contributed by atoms with Gasteiger partial charge in [0.25, 0.3) is 0 Å². The van der Waals surface area contributed by atoms with Gasteiger partial charge in [-0.2, -0.15) is 0 Å². The minimum Gasteiger partial charge on any atom is -0.495 e. The summed E-state index contributed by atoms with van der Waals surface area (Å²) >= 11 is 0. The molecule has 0 spiro atoms. The number of methoxy groups -OCH3 is 4. The molecule has 0 atom stereocenters. The molecule has 0 saturated heterocycles. The van der Waals surface area contributed by atoms with E-state index in [9.17, 15) is 0 Å². The van der Waals surface area contributed by atoms with Crippen molar-refractivity contribution in [3.8, 4) is 46.7 Å². The van der Waals surface area contributed by atoms with Gasteiger partial charge in [0.2, 0.25) is 0 Å². The molecule has 0 radical (unpaired) electrons. The molecule has 5 heteroatoms. The van der Waals surface area contributed by atoms with Gasteiger partial charge in [0.05, 0.1) is 41.7 Å². The standard InChI is InChI=1S/C24H22O5/c1-25-21-7-5-8-22(26-2)19(21)13-11-17-15-29-16-18(17)12-14-20-23(27-3)9-6-10-24(20)28-4/h5-10H,15-16H2,1-4H3. The van der Waals surface area contributed by atoms with E-state index in [4.69, 9.17) is 23.7 Å². The van der Waals surface area contributed by atoms with Crippen LogP contribution in [0.15, 0.2) is 47.5 Å². The van der Waals surface area contributed by atoms with Crippen molar-refractivity contribution in [3.05, 3.63) is 58.7 Å². The van der Waals surface area contributed by atoms with Crippen LogP contribution in [0.2, 0.25) is 0 Å². The Morgan fingerprint density at radius 1 is 0.586 bits per heavy atom. The first-order chi connectivity index (χ1) is 14.2. The zero-order valence-electron chi connectivity index (χ0n) is 16.9. The maximum absolute atomic E-state index is 5.57. The Hall–Kier alpha value is -3.54. The molecule has 3 rings (SSSR count). The van der Waals surface area contributed by atoms with Crippen molar-refractivity contribution in [2.24, 2.45) is 0 Å². The molecule has 0 unspecified atom stereocenters. The van der Waals surface area contributed by atoms with Crippen LogP contribution in [0.5, 0.6) is 23.0 Å². The molecule has 0 amide bonds. The van der Waals surface area contributed by atoms with E-state index in [0.29, 0.717) is 47.3 Å². The number of hydrogen-bond donors (Lipinski definition) is 0. The summed E-state index contributed by atoms with van der Waals surface area (Å²) in [7, 11) is 6.43. The summed E-state index contributed by atoms with van der Waals surface area (Å²) in [4.78, 5) is 0. The maximum atomic E-state index is 5.57. The highest BCUT2D eigenvalue weighted by atomic mass is 16.5. The molecule has 0 N–H and O–H groups in total.